The Hall–Kier alpha value is -4.25. The Kier molecular flexibility index (Phi) is 11.3. The van der Waals surface area contributed by atoms with Gasteiger partial charge in [-0.05, 0) is 88.3 Å². The lowest BCUT2D eigenvalue weighted by molar-refractivity contribution is -0.140. The summed E-state index contributed by atoms with van der Waals surface area (Å²) in [6.45, 7) is 5.14. The predicted octanol–water partition coefficient (Wildman–Crippen LogP) is 3.12. The number of alkyl carbamates (subject to hydrolysis) is 1. The van der Waals surface area contributed by atoms with Gasteiger partial charge in [-0.1, -0.05) is 12.2 Å². The van der Waals surface area contributed by atoms with Crippen LogP contribution in [0.25, 0.3) is 10.8 Å². The normalized spacial score (nSPS) is 27.0. The summed E-state index contributed by atoms with van der Waals surface area (Å²) in [6, 6.07) is 5.22. The molecule has 1 saturated heterocycles. The van der Waals surface area contributed by atoms with Gasteiger partial charge in [-0.2, -0.15) is 16.7 Å². The lowest BCUT2D eigenvalue weighted by Gasteiger charge is -2.30. The highest BCUT2D eigenvalue weighted by molar-refractivity contribution is 7.99. The number of hydrogen-bond acceptors (Lipinski definition) is 12. The number of aromatic nitrogens is 1. The number of carbonyl (C=O) groups excluding carboxylic acids is 4. The molecule has 3 N–H and O–H groups in total. The summed E-state index contributed by atoms with van der Waals surface area (Å²) in [5, 5.41) is 6.48. The van der Waals surface area contributed by atoms with Crippen LogP contribution in [0, 0.1) is 5.92 Å². The molecule has 2 aliphatic heterocycles. The summed E-state index contributed by atoms with van der Waals surface area (Å²) in [5.74, 6) is 0.0947. The molecular weight excluding hydrogens is 737 g/mol. The molecule has 2 saturated carbocycles. The number of sulfonamides is 1. The standard InChI is InChI=1S/C37H50N6O9S2/c1-36(2,3)52-35(47)38-28-21-53-15-9-7-8-10-23-19-37(23,34(46)41-54(48,49)26-12-13-26)40-31(44)29-18-25(20-43(29)33(28)45)51-32-27-14-11-24(50-6)16-22(27)17-30(39-32)42(4)5/h8,10-11,14,16-17,23,25-26,28-29H,7,9,12-13,15,18-21H2,1-6H3,(H,38,47)(H,40,44)(H,41,46)/b10-8-/t23-,25?,28+,29+,37-/m1/s1. The largest absolute Gasteiger partial charge is 0.497 e. The molecule has 4 amide bonds. The summed E-state index contributed by atoms with van der Waals surface area (Å²) in [4.78, 5) is 63.6. The summed E-state index contributed by atoms with van der Waals surface area (Å²) < 4.78 is 45.4. The molecule has 15 nitrogen and oxygen atoms in total. The maximum Gasteiger partial charge on any atom is 0.408 e. The number of carbonyl (C=O) groups is 4. The fourth-order valence-corrected chi connectivity index (χ4v) is 9.09. The number of rotatable bonds is 8. The molecule has 0 spiro atoms. The molecule has 2 aliphatic carbocycles. The first-order valence-electron chi connectivity index (χ1n) is 18.2. The topological polar surface area (TPSA) is 186 Å². The Bertz CT molecular complexity index is 1930. The Balaban J connectivity index is 1.34. The van der Waals surface area contributed by atoms with E-state index >= 15 is 0 Å². The SMILES string of the molecule is COc1ccc2c(OC3C[C@H]4C(=O)N[C@]5(C(=O)NS(=O)(=O)C6CC6)C[C@H]5/C=C\CCCSC[C@H](NC(=O)OC(C)(C)C)C(=O)N4C3)nc(N(C)C)cc2c1. The summed E-state index contributed by atoms with van der Waals surface area (Å²) in [7, 11) is 1.39. The minimum Gasteiger partial charge on any atom is -0.497 e. The van der Waals surface area contributed by atoms with Crippen LogP contribution in [0.2, 0.25) is 0 Å². The lowest BCUT2D eigenvalue weighted by Crippen LogP contribution is -2.58. The van der Waals surface area contributed by atoms with Gasteiger partial charge >= 0.3 is 6.09 Å². The van der Waals surface area contributed by atoms with Crippen molar-refractivity contribution in [2.24, 2.45) is 5.92 Å². The van der Waals surface area contributed by atoms with Crippen LogP contribution in [0.15, 0.2) is 36.4 Å². The van der Waals surface area contributed by atoms with Crippen molar-refractivity contribution in [1.29, 1.82) is 0 Å². The molecule has 17 heteroatoms. The zero-order chi connectivity index (χ0) is 39.0. The van der Waals surface area contributed by atoms with E-state index in [4.69, 9.17) is 19.2 Å². The van der Waals surface area contributed by atoms with Crippen molar-refractivity contribution in [1.82, 2.24) is 25.2 Å². The summed E-state index contributed by atoms with van der Waals surface area (Å²) in [5.41, 5.74) is -2.33. The van der Waals surface area contributed by atoms with Crippen LogP contribution in [-0.4, -0.2) is 116 Å². The Labute approximate surface area is 320 Å². The van der Waals surface area contributed by atoms with E-state index in [0.717, 1.165) is 11.8 Å². The van der Waals surface area contributed by atoms with Gasteiger partial charge in [0.15, 0.2) is 0 Å². The number of pyridine rings is 1. The molecule has 294 valence electrons. The van der Waals surface area contributed by atoms with E-state index in [0.29, 0.717) is 47.8 Å². The zero-order valence-electron chi connectivity index (χ0n) is 31.5. The van der Waals surface area contributed by atoms with E-state index in [9.17, 15) is 27.6 Å². The number of hydrogen-bond donors (Lipinski definition) is 3. The van der Waals surface area contributed by atoms with Gasteiger partial charge in [0.05, 0.1) is 18.9 Å². The third-order valence-electron chi connectivity index (χ3n) is 9.84. The molecule has 54 heavy (non-hydrogen) atoms. The molecule has 1 aromatic carbocycles. The number of nitrogens with one attached hydrogen (secondary N) is 3. The van der Waals surface area contributed by atoms with E-state index in [1.807, 2.05) is 49.3 Å². The number of anilines is 1. The van der Waals surface area contributed by atoms with Crippen LogP contribution in [0.4, 0.5) is 10.6 Å². The maximum absolute atomic E-state index is 14.5. The molecule has 1 aromatic heterocycles. The highest BCUT2D eigenvalue weighted by Crippen LogP contribution is 2.46. The van der Waals surface area contributed by atoms with Crippen LogP contribution in [0.3, 0.4) is 0 Å². The van der Waals surface area contributed by atoms with Gasteiger partial charge in [-0.15, -0.1) is 0 Å². The third-order valence-corrected chi connectivity index (χ3v) is 12.8. The Morgan fingerprint density at radius 3 is 2.59 bits per heavy atom. The second-order valence-electron chi connectivity index (χ2n) is 15.5. The fraction of sp³-hybridized carbons (Fsp3) is 0.595. The Morgan fingerprint density at radius 2 is 1.91 bits per heavy atom. The van der Waals surface area contributed by atoms with E-state index in [-0.39, 0.29) is 25.1 Å². The molecule has 5 atom stereocenters. The lowest BCUT2D eigenvalue weighted by atomic mass is 10.1. The molecule has 3 heterocycles. The van der Waals surface area contributed by atoms with Crippen LogP contribution in [0.5, 0.6) is 11.6 Å². The highest BCUT2D eigenvalue weighted by Gasteiger charge is 2.62. The van der Waals surface area contributed by atoms with E-state index in [2.05, 4.69) is 15.4 Å². The van der Waals surface area contributed by atoms with Crippen molar-refractivity contribution in [2.45, 2.75) is 93.9 Å². The average Bonchev–Trinajstić information content (AvgIpc) is 4.02. The average molecular weight is 787 g/mol. The number of allylic oxidation sites excluding steroid dienone is 1. The molecule has 0 bridgehead atoms. The van der Waals surface area contributed by atoms with Crippen molar-refractivity contribution in [3.05, 3.63) is 36.4 Å². The van der Waals surface area contributed by atoms with Gasteiger partial charge in [0, 0.05) is 37.6 Å². The molecule has 6 rings (SSSR count). The molecule has 2 aromatic rings. The zero-order valence-corrected chi connectivity index (χ0v) is 33.2. The van der Waals surface area contributed by atoms with Crippen LogP contribution >= 0.6 is 11.8 Å². The van der Waals surface area contributed by atoms with Crippen LogP contribution in [-0.2, 0) is 29.1 Å². The van der Waals surface area contributed by atoms with Gasteiger partial charge < -0.3 is 34.6 Å². The first-order valence-corrected chi connectivity index (χ1v) is 20.9. The number of ether oxygens (including phenoxy) is 3. The maximum atomic E-state index is 14.5. The number of thioether (sulfide) groups is 1. The number of methoxy groups -OCH3 is 1. The van der Waals surface area contributed by atoms with E-state index in [1.165, 1.54) is 16.7 Å². The first kappa shape index (κ1) is 39.4. The number of amides is 4. The molecule has 1 unspecified atom stereocenters. The van der Waals surface area contributed by atoms with Gasteiger partial charge in [-0.3, -0.25) is 19.1 Å². The minimum absolute atomic E-state index is 0.0296. The molecule has 4 aliphatic rings. The summed E-state index contributed by atoms with van der Waals surface area (Å²) in [6.07, 6.45) is 4.91. The predicted molar refractivity (Wildman–Crippen MR) is 205 cm³/mol. The minimum atomic E-state index is -3.90. The van der Waals surface area contributed by atoms with E-state index < -0.39 is 74.3 Å². The van der Waals surface area contributed by atoms with Crippen LogP contribution < -0.4 is 29.7 Å². The third kappa shape index (κ3) is 8.99. The second kappa shape index (κ2) is 15.5. The highest BCUT2D eigenvalue weighted by atomic mass is 32.2. The first-order chi connectivity index (χ1) is 25.5. The fourth-order valence-electron chi connectivity index (χ4n) is 6.73. The van der Waals surface area contributed by atoms with Gasteiger partial charge in [0.25, 0.3) is 5.91 Å². The smallest absolute Gasteiger partial charge is 0.408 e. The van der Waals surface area contributed by atoms with Crippen molar-refractivity contribution < 1.29 is 41.8 Å². The van der Waals surface area contributed by atoms with Gasteiger partial charge in [-0.25, -0.2) is 13.2 Å². The van der Waals surface area contributed by atoms with Crippen molar-refractivity contribution in [3.8, 4) is 11.6 Å². The summed E-state index contributed by atoms with van der Waals surface area (Å²) >= 11 is 1.49. The Morgan fingerprint density at radius 1 is 1.15 bits per heavy atom. The van der Waals surface area contributed by atoms with Crippen LogP contribution in [0.1, 0.15) is 59.3 Å². The number of benzene rings is 1. The van der Waals surface area contributed by atoms with Gasteiger partial charge in [0.2, 0.25) is 27.7 Å². The number of nitrogens with zero attached hydrogens (tertiary/aromatic N) is 3. The second-order valence-corrected chi connectivity index (χ2v) is 18.7. The van der Waals surface area contributed by atoms with Crippen molar-refractivity contribution >= 4 is 62.2 Å². The molecule has 3 fully saturated rings. The van der Waals surface area contributed by atoms with Crippen molar-refractivity contribution in [3.63, 3.8) is 0 Å². The molecular formula is C37H50N6O9S2. The molecule has 0 radical (unpaired) electrons. The monoisotopic (exact) mass is 786 g/mol. The van der Waals surface area contributed by atoms with Crippen molar-refractivity contribution in [2.75, 3.05) is 44.2 Å². The van der Waals surface area contributed by atoms with Gasteiger partial charge in [0.1, 0.15) is 40.9 Å². The number of fused-ring (bicyclic) bond motifs is 3. The van der Waals surface area contributed by atoms with E-state index in [1.54, 1.807) is 33.9 Å². The quantitative estimate of drug-likeness (QED) is 0.333.